The number of nitrogens with one attached hydrogen (secondary N) is 2. The Kier molecular flexibility index (Phi) is 1.50. The Morgan fingerprint density at radius 1 is 1.14 bits per heavy atom. The molecule has 2 N–H and O–H groups in total. The van der Waals surface area contributed by atoms with Crippen LogP contribution < -0.4 is 5.32 Å². The van der Waals surface area contributed by atoms with E-state index >= 15 is 0 Å². The zero-order chi connectivity index (χ0) is 9.71. The maximum Gasteiger partial charge on any atom is 0.0489 e. The van der Waals surface area contributed by atoms with E-state index in [1.54, 1.807) is 0 Å². The van der Waals surface area contributed by atoms with Gasteiger partial charge in [-0.05, 0) is 31.0 Å². The van der Waals surface area contributed by atoms with Crippen LogP contribution in [-0.4, -0.2) is 4.98 Å². The molecule has 72 valence electrons. The Bertz CT molecular complexity index is 509. The molecule has 14 heavy (non-hydrogen) atoms. The van der Waals surface area contributed by atoms with Gasteiger partial charge in [0.15, 0.2) is 0 Å². The van der Waals surface area contributed by atoms with Crippen molar-refractivity contribution in [3.63, 3.8) is 0 Å². The van der Waals surface area contributed by atoms with E-state index in [9.17, 15) is 0 Å². The van der Waals surface area contributed by atoms with Gasteiger partial charge in [-0.3, -0.25) is 0 Å². The number of aryl methyl sites for hydroxylation is 2. The lowest BCUT2D eigenvalue weighted by atomic mass is 10.1. The van der Waals surface area contributed by atoms with E-state index in [4.69, 9.17) is 0 Å². The van der Waals surface area contributed by atoms with E-state index in [0.717, 1.165) is 13.1 Å². The van der Waals surface area contributed by atoms with Gasteiger partial charge in [0.1, 0.15) is 0 Å². The van der Waals surface area contributed by atoms with Gasteiger partial charge in [0, 0.05) is 29.7 Å². The predicted octanol–water partition coefficient (Wildman–Crippen LogP) is 2.39. The molecule has 0 saturated heterocycles. The van der Waals surface area contributed by atoms with Gasteiger partial charge in [0.05, 0.1) is 0 Å². The van der Waals surface area contributed by atoms with Crippen molar-refractivity contribution in [3.05, 3.63) is 34.5 Å². The topological polar surface area (TPSA) is 27.8 Å². The molecule has 2 nitrogen and oxygen atoms in total. The summed E-state index contributed by atoms with van der Waals surface area (Å²) in [5, 5.41) is 4.77. The third kappa shape index (κ3) is 0.946. The zero-order valence-electron chi connectivity index (χ0n) is 8.57. The molecule has 1 aromatic heterocycles. The first-order valence-electron chi connectivity index (χ1n) is 5.07. The van der Waals surface area contributed by atoms with Crippen LogP contribution in [0.4, 0.5) is 0 Å². The van der Waals surface area contributed by atoms with Crippen LogP contribution in [0.2, 0.25) is 0 Å². The maximum atomic E-state index is 3.51. The molecule has 0 bridgehead atoms. The van der Waals surface area contributed by atoms with Crippen LogP contribution in [0.5, 0.6) is 0 Å². The van der Waals surface area contributed by atoms with Crippen LogP contribution in [0, 0.1) is 13.8 Å². The van der Waals surface area contributed by atoms with E-state index in [1.165, 1.54) is 33.3 Å². The van der Waals surface area contributed by atoms with Crippen molar-refractivity contribution in [2.45, 2.75) is 26.9 Å². The molecule has 0 spiro atoms. The van der Waals surface area contributed by atoms with Crippen LogP contribution in [0.25, 0.3) is 10.9 Å². The molecule has 2 aromatic rings. The van der Waals surface area contributed by atoms with Gasteiger partial charge in [-0.2, -0.15) is 0 Å². The Balaban J connectivity index is 2.43. The summed E-state index contributed by atoms with van der Waals surface area (Å²) in [6.07, 6.45) is 0. The molecule has 0 saturated carbocycles. The fourth-order valence-corrected chi connectivity index (χ4v) is 2.43. The minimum absolute atomic E-state index is 0.989. The van der Waals surface area contributed by atoms with Crippen LogP contribution in [0.1, 0.15) is 22.4 Å². The van der Waals surface area contributed by atoms with Gasteiger partial charge in [0.25, 0.3) is 0 Å². The summed E-state index contributed by atoms with van der Waals surface area (Å²) in [5.74, 6) is 0. The molecule has 2 heterocycles. The molecular formula is C12H14N2. The quantitative estimate of drug-likeness (QED) is 0.649. The molecule has 0 fully saturated rings. The lowest BCUT2D eigenvalue weighted by Gasteiger charge is -2.01. The molecule has 1 aliphatic rings. The molecule has 0 amide bonds. The monoisotopic (exact) mass is 186 g/mol. The van der Waals surface area contributed by atoms with Crippen molar-refractivity contribution in [3.8, 4) is 0 Å². The molecular weight excluding hydrogens is 172 g/mol. The third-order valence-corrected chi connectivity index (χ3v) is 3.05. The summed E-state index contributed by atoms with van der Waals surface area (Å²) >= 11 is 0. The number of fused-ring (bicyclic) bond motifs is 3. The molecule has 3 rings (SSSR count). The standard InChI is InChI=1S/C12H14N2/c1-7-3-8(2)12-9(4-7)10-5-13-6-11(10)14-12/h3-4,13-14H,5-6H2,1-2H3. The summed E-state index contributed by atoms with van der Waals surface area (Å²) in [6.45, 7) is 6.34. The highest BCUT2D eigenvalue weighted by Gasteiger charge is 2.16. The van der Waals surface area contributed by atoms with Crippen LogP contribution in [-0.2, 0) is 13.1 Å². The van der Waals surface area contributed by atoms with Crippen LogP contribution in [0.15, 0.2) is 12.1 Å². The highest BCUT2D eigenvalue weighted by atomic mass is 14.9. The van der Waals surface area contributed by atoms with Crippen LogP contribution in [0.3, 0.4) is 0 Å². The molecule has 0 unspecified atom stereocenters. The summed E-state index contributed by atoms with van der Waals surface area (Å²) in [6, 6.07) is 4.52. The number of aromatic amines is 1. The highest BCUT2D eigenvalue weighted by molar-refractivity contribution is 5.88. The average molecular weight is 186 g/mol. The maximum absolute atomic E-state index is 3.51. The third-order valence-electron chi connectivity index (χ3n) is 3.05. The van der Waals surface area contributed by atoms with E-state index in [-0.39, 0.29) is 0 Å². The SMILES string of the molecule is Cc1cc(C)c2[nH]c3c(c2c1)CNC3. The second-order valence-electron chi connectivity index (χ2n) is 4.19. The van der Waals surface area contributed by atoms with Crippen molar-refractivity contribution in [1.82, 2.24) is 10.3 Å². The van der Waals surface area contributed by atoms with Crippen molar-refractivity contribution in [2.75, 3.05) is 0 Å². The number of benzene rings is 1. The number of hydrogen-bond acceptors (Lipinski definition) is 1. The predicted molar refractivity (Wildman–Crippen MR) is 58.3 cm³/mol. The number of rotatable bonds is 0. The van der Waals surface area contributed by atoms with E-state index < -0.39 is 0 Å². The molecule has 1 aliphatic heterocycles. The van der Waals surface area contributed by atoms with Crippen LogP contribution >= 0.6 is 0 Å². The zero-order valence-corrected chi connectivity index (χ0v) is 8.57. The first-order chi connectivity index (χ1) is 6.75. The summed E-state index contributed by atoms with van der Waals surface area (Å²) in [4.78, 5) is 3.51. The Morgan fingerprint density at radius 3 is 2.86 bits per heavy atom. The normalized spacial score (nSPS) is 15.0. The number of hydrogen-bond donors (Lipinski definition) is 2. The number of aromatic nitrogens is 1. The van der Waals surface area contributed by atoms with Gasteiger partial charge >= 0.3 is 0 Å². The Hall–Kier alpha value is -1.28. The second-order valence-corrected chi connectivity index (χ2v) is 4.19. The molecule has 0 aliphatic carbocycles. The molecule has 0 atom stereocenters. The van der Waals surface area contributed by atoms with Gasteiger partial charge < -0.3 is 10.3 Å². The summed E-state index contributed by atoms with van der Waals surface area (Å²) in [5.41, 5.74) is 6.86. The smallest absolute Gasteiger partial charge is 0.0489 e. The second kappa shape index (κ2) is 2.61. The highest BCUT2D eigenvalue weighted by Crippen LogP contribution is 2.28. The van der Waals surface area contributed by atoms with Gasteiger partial charge in [-0.1, -0.05) is 11.6 Å². The average Bonchev–Trinajstić information content (AvgIpc) is 2.65. The lowest BCUT2D eigenvalue weighted by Crippen LogP contribution is -2.02. The van der Waals surface area contributed by atoms with E-state index in [0.29, 0.717) is 0 Å². The minimum Gasteiger partial charge on any atom is -0.357 e. The lowest BCUT2D eigenvalue weighted by molar-refractivity contribution is 0.757. The molecule has 2 heteroatoms. The Labute approximate surface area is 83.3 Å². The first kappa shape index (κ1) is 8.06. The van der Waals surface area contributed by atoms with E-state index in [2.05, 4.69) is 36.3 Å². The minimum atomic E-state index is 0.989. The Morgan fingerprint density at radius 2 is 2.00 bits per heavy atom. The fourth-order valence-electron chi connectivity index (χ4n) is 2.43. The van der Waals surface area contributed by atoms with Crippen molar-refractivity contribution >= 4 is 10.9 Å². The first-order valence-corrected chi connectivity index (χ1v) is 5.07. The van der Waals surface area contributed by atoms with Gasteiger partial charge in [-0.15, -0.1) is 0 Å². The molecule has 1 aromatic carbocycles. The van der Waals surface area contributed by atoms with Crippen molar-refractivity contribution < 1.29 is 0 Å². The van der Waals surface area contributed by atoms with Gasteiger partial charge in [-0.25, -0.2) is 0 Å². The van der Waals surface area contributed by atoms with E-state index in [1.807, 2.05) is 0 Å². The van der Waals surface area contributed by atoms with Crippen molar-refractivity contribution in [2.24, 2.45) is 0 Å². The fraction of sp³-hybridized carbons (Fsp3) is 0.333. The largest absolute Gasteiger partial charge is 0.357 e. The summed E-state index contributed by atoms with van der Waals surface area (Å²) < 4.78 is 0. The summed E-state index contributed by atoms with van der Waals surface area (Å²) in [7, 11) is 0. The number of H-pyrrole nitrogens is 1. The molecule has 0 radical (unpaired) electrons. The van der Waals surface area contributed by atoms with Crippen molar-refractivity contribution in [1.29, 1.82) is 0 Å². The van der Waals surface area contributed by atoms with Gasteiger partial charge in [0.2, 0.25) is 0 Å².